The van der Waals surface area contributed by atoms with Gasteiger partial charge in [-0.1, -0.05) is 62.2 Å². The topological polar surface area (TPSA) is 3.24 Å². The summed E-state index contributed by atoms with van der Waals surface area (Å²) in [7, 11) is 0. The summed E-state index contributed by atoms with van der Waals surface area (Å²) in [6.45, 7) is 5.55. The van der Waals surface area contributed by atoms with Gasteiger partial charge in [0.15, 0.2) is 0 Å². The maximum absolute atomic E-state index is 2.50. The summed E-state index contributed by atoms with van der Waals surface area (Å²) in [4.78, 5) is 5.28. The first-order valence-corrected chi connectivity index (χ1v) is 9.33. The SMILES string of the molecule is CCCCCCc1cccc2c1N(CC)c1ccccc1S2. The monoisotopic (exact) mass is 311 g/mol. The molecule has 1 aliphatic heterocycles. The Morgan fingerprint density at radius 1 is 0.864 bits per heavy atom. The molecule has 0 aliphatic carbocycles. The van der Waals surface area contributed by atoms with E-state index in [0.29, 0.717) is 0 Å². The van der Waals surface area contributed by atoms with Gasteiger partial charge in [-0.15, -0.1) is 0 Å². The predicted octanol–water partition coefficient (Wildman–Crippen LogP) is 6.43. The molecule has 0 saturated heterocycles. The zero-order chi connectivity index (χ0) is 15.4. The number of hydrogen-bond donors (Lipinski definition) is 0. The maximum atomic E-state index is 2.50. The van der Waals surface area contributed by atoms with E-state index in [9.17, 15) is 0 Å². The van der Waals surface area contributed by atoms with Crippen LogP contribution in [-0.4, -0.2) is 6.54 Å². The van der Waals surface area contributed by atoms with Crippen molar-refractivity contribution in [3.8, 4) is 0 Å². The van der Waals surface area contributed by atoms with Gasteiger partial charge in [0.25, 0.3) is 0 Å². The van der Waals surface area contributed by atoms with Gasteiger partial charge in [-0.05, 0) is 43.5 Å². The van der Waals surface area contributed by atoms with Gasteiger partial charge in [0.2, 0.25) is 0 Å². The molecule has 2 heteroatoms. The van der Waals surface area contributed by atoms with Gasteiger partial charge in [-0.25, -0.2) is 0 Å². The fraction of sp³-hybridized carbons (Fsp3) is 0.400. The minimum absolute atomic E-state index is 1.02. The van der Waals surface area contributed by atoms with Crippen LogP contribution < -0.4 is 4.90 Å². The highest BCUT2D eigenvalue weighted by atomic mass is 32.2. The Hall–Kier alpha value is -1.41. The molecule has 0 spiro atoms. The van der Waals surface area contributed by atoms with Crippen LogP contribution in [-0.2, 0) is 6.42 Å². The average molecular weight is 311 g/mol. The highest BCUT2D eigenvalue weighted by Gasteiger charge is 2.24. The maximum Gasteiger partial charge on any atom is 0.0585 e. The lowest BCUT2D eigenvalue weighted by Crippen LogP contribution is -2.21. The quantitative estimate of drug-likeness (QED) is 0.565. The summed E-state index contributed by atoms with van der Waals surface area (Å²) in [5, 5.41) is 0. The molecular weight excluding hydrogens is 286 g/mol. The number of rotatable bonds is 6. The van der Waals surface area contributed by atoms with E-state index in [4.69, 9.17) is 0 Å². The molecule has 0 saturated carbocycles. The molecule has 0 unspecified atom stereocenters. The van der Waals surface area contributed by atoms with Crippen LogP contribution in [0.3, 0.4) is 0 Å². The number of nitrogens with zero attached hydrogens (tertiary/aromatic N) is 1. The predicted molar refractivity (Wildman–Crippen MR) is 97.5 cm³/mol. The van der Waals surface area contributed by atoms with E-state index in [0.717, 1.165) is 6.54 Å². The van der Waals surface area contributed by atoms with Crippen LogP contribution in [0.2, 0.25) is 0 Å². The van der Waals surface area contributed by atoms with Gasteiger partial charge in [-0.2, -0.15) is 0 Å². The molecule has 0 N–H and O–H groups in total. The molecule has 0 aromatic heterocycles. The first-order chi connectivity index (χ1) is 10.8. The van der Waals surface area contributed by atoms with Crippen molar-refractivity contribution in [2.75, 3.05) is 11.4 Å². The third-order valence-electron chi connectivity index (χ3n) is 4.34. The Morgan fingerprint density at radius 3 is 2.50 bits per heavy atom. The Bertz CT molecular complexity index is 635. The third kappa shape index (κ3) is 3.03. The number of hydrogen-bond acceptors (Lipinski definition) is 2. The van der Waals surface area contributed by atoms with Crippen molar-refractivity contribution in [1.82, 2.24) is 0 Å². The molecule has 1 aliphatic rings. The normalized spacial score (nSPS) is 12.9. The van der Waals surface area contributed by atoms with Crippen molar-refractivity contribution in [2.24, 2.45) is 0 Å². The molecule has 0 bridgehead atoms. The second-order valence-corrected chi connectivity index (χ2v) is 6.97. The molecule has 0 atom stereocenters. The van der Waals surface area contributed by atoms with Crippen LogP contribution in [0.15, 0.2) is 52.3 Å². The lowest BCUT2D eigenvalue weighted by atomic mass is 10.0. The minimum Gasteiger partial charge on any atom is -0.340 e. The van der Waals surface area contributed by atoms with Crippen molar-refractivity contribution in [1.29, 1.82) is 0 Å². The van der Waals surface area contributed by atoms with E-state index in [1.807, 2.05) is 11.8 Å². The van der Waals surface area contributed by atoms with E-state index in [1.165, 1.54) is 58.8 Å². The van der Waals surface area contributed by atoms with Gasteiger partial charge >= 0.3 is 0 Å². The molecule has 22 heavy (non-hydrogen) atoms. The second kappa shape index (κ2) is 7.23. The fourth-order valence-corrected chi connectivity index (χ4v) is 4.39. The molecule has 116 valence electrons. The summed E-state index contributed by atoms with van der Waals surface area (Å²) in [5.74, 6) is 0. The van der Waals surface area contributed by atoms with Gasteiger partial charge in [0.1, 0.15) is 0 Å². The number of anilines is 2. The van der Waals surface area contributed by atoms with Crippen LogP contribution in [0.4, 0.5) is 11.4 Å². The first kappa shape index (κ1) is 15.5. The Labute approximate surface area is 138 Å². The minimum atomic E-state index is 1.02. The molecule has 0 radical (unpaired) electrons. The van der Waals surface area contributed by atoms with E-state index in [-0.39, 0.29) is 0 Å². The number of para-hydroxylation sites is 2. The Balaban J connectivity index is 1.91. The first-order valence-electron chi connectivity index (χ1n) is 8.51. The number of fused-ring (bicyclic) bond motifs is 2. The van der Waals surface area contributed by atoms with E-state index in [2.05, 4.69) is 61.2 Å². The smallest absolute Gasteiger partial charge is 0.0585 e. The fourth-order valence-electron chi connectivity index (χ4n) is 3.23. The van der Waals surface area contributed by atoms with E-state index in [1.54, 1.807) is 0 Å². The van der Waals surface area contributed by atoms with Gasteiger partial charge in [0, 0.05) is 16.3 Å². The third-order valence-corrected chi connectivity index (χ3v) is 5.46. The molecule has 2 aromatic rings. The summed E-state index contributed by atoms with van der Waals surface area (Å²) in [5.41, 5.74) is 4.33. The lowest BCUT2D eigenvalue weighted by molar-refractivity contribution is 0.666. The van der Waals surface area contributed by atoms with Crippen molar-refractivity contribution in [3.05, 3.63) is 48.0 Å². The van der Waals surface area contributed by atoms with Gasteiger partial charge < -0.3 is 4.90 Å². The number of aryl methyl sites for hydroxylation is 1. The van der Waals surface area contributed by atoms with Crippen LogP contribution in [0.5, 0.6) is 0 Å². The van der Waals surface area contributed by atoms with Crippen molar-refractivity contribution < 1.29 is 0 Å². The molecule has 2 aromatic carbocycles. The molecule has 0 amide bonds. The molecule has 1 nitrogen and oxygen atoms in total. The van der Waals surface area contributed by atoms with E-state index < -0.39 is 0 Å². The average Bonchev–Trinajstić information content (AvgIpc) is 2.56. The largest absolute Gasteiger partial charge is 0.340 e. The Kier molecular flexibility index (Phi) is 5.09. The van der Waals surface area contributed by atoms with Crippen molar-refractivity contribution in [2.45, 2.75) is 55.7 Å². The number of benzene rings is 2. The van der Waals surface area contributed by atoms with E-state index >= 15 is 0 Å². The number of unbranched alkanes of at least 4 members (excludes halogenated alkanes) is 3. The zero-order valence-electron chi connectivity index (χ0n) is 13.6. The molecule has 0 fully saturated rings. The molecule has 3 rings (SSSR count). The van der Waals surface area contributed by atoms with Crippen molar-refractivity contribution >= 4 is 23.1 Å². The Morgan fingerprint density at radius 2 is 1.68 bits per heavy atom. The standard InChI is InChI=1S/C20H25NS/c1-3-5-6-7-11-16-12-10-15-19-20(16)21(4-2)17-13-8-9-14-18(17)22-19/h8-10,12-15H,3-7,11H2,1-2H3. The van der Waals surface area contributed by atoms with Crippen LogP contribution in [0.25, 0.3) is 0 Å². The van der Waals surface area contributed by atoms with Crippen molar-refractivity contribution in [3.63, 3.8) is 0 Å². The zero-order valence-corrected chi connectivity index (χ0v) is 14.5. The summed E-state index contributed by atoms with van der Waals surface area (Å²) in [6, 6.07) is 15.6. The van der Waals surface area contributed by atoms with Gasteiger partial charge in [0.05, 0.1) is 11.4 Å². The summed E-state index contributed by atoms with van der Waals surface area (Å²) in [6.07, 6.45) is 6.49. The van der Waals surface area contributed by atoms with Crippen LogP contribution in [0, 0.1) is 0 Å². The molecule has 1 heterocycles. The highest BCUT2D eigenvalue weighted by molar-refractivity contribution is 7.99. The molecular formula is C20H25NS. The highest BCUT2D eigenvalue weighted by Crippen LogP contribution is 2.49. The summed E-state index contributed by atoms with van der Waals surface area (Å²) < 4.78 is 0. The van der Waals surface area contributed by atoms with Crippen LogP contribution >= 0.6 is 11.8 Å². The summed E-state index contributed by atoms with van der Waals surface area (Å²) >= 11 is 1.92. The van der Waals surface area contributed by atoms with Gasteiger partial charge in [-0.3, -0.25) is 0 Å². The van der Waals surface area contributed by atoms with Crippen LogP contribution in [0.1, 0.15) is 45.1 Å². The second-order valence-electron chi connectivity index (χ2n) is 5.89. The lowest BCUT2D eigenvalue weighted by Gasteiger charge is -2.33.